The smallest absolute Gasteiger partial charge is 0.223 e. The maximum atomic E-state index is 12.4. The number of benzene rings is 1. The fourth-order valence-electron chi connectivity index (χ4n) is 3.15. The summed E-state index contributed by atoms with van der Waals surface area (Å²) in [6.45, 7) is 0. The van der Waals surface area contributed by atoms with Crippen molar-refractivity contribution in [2.75, 3.05) is 5.75 Å². The van der Waals surface area contributed by atoms with Gasteiger partial charge in [-0.1, -0.05) is 37.5 Å². The summed E-state index contributed by atoms with van der Waals surface area (Å²) in [5.74, 6) is 1.65. The van der Waals surface area contributed by atoms with E-state index in [2.05, 4.69) is 29.6 Å². The van der Waals surface area contributed by atoms with Crippen molar-refractivity contribution in [2.45, 2.75) is 49.5 Å². The van der Waals surface area contributed by atoms with Gasteiger partial charge in [0.25, 0.3) is 0 Å². The van der Waals surface area contributed by atoms with Crippen LogP contribution in [0.3, 0.4) is 0 Å². The van der Waals surface area contributed by atoms with E-state index < -0.39 is 0 Å². The van der Waals surface area contributed by atoms with Gasteiger partial charge in [-0.25, -0.2) is 0 Å². The van der Waals surface area contributed by atoms with Gasteiger partial charge in [-0.05, 0) is 30.9 Å². The van der Waals surface area contributed by atoms with Crippen LogP contribution in [0.15, 0.2) is 29.2 Å². The Morgan fingerprint density at radius 3 is 2.74 bits per heavy atom. The second kappa shape index (κ2) is 6.00. The maximum Gasteiger partial charge on any atom is 0.223 e. The van der Waals surface area contributed by atoms with Gasteiger partial charge in [0.05, 0.1) is 6.04 Å². The molecule has 19 heavy (non-hydrogen) atoms. The van der Waals surface area contributed by atoms with Crippen molar-refractivity contribution in [2.24, 2.45) is 5.92 Å². The highest BCUT2D eigenvalue weighted by Gasteiger charge is 2.26. The monoisotopic (exact) mass is 275 g/mol. The largest absolute Gasteiger partial charge is 0.349 e. The predicted molar refractivity (Wildman–Crippen MR) is 79.2 cm³/mol. The molecule has 1 aromatic rings. The van der Waals surface area contributed by atoms with E-state index >= 15 is 0 Å². The number of hydrogen-bond donors (Lipinski definition) is 1. The highest BCUT2D eigenvalue weighted by molar-refractivity contribution is 7.99. The Kier molecular flexibility index (Phi) is 4.12. The van der Waals surface area contributed by atoms with E-state index in [1.54, 1.807) is 0 Å². The summed E-state index contributed by atoms with van der Waals surface area (Å²) in [7, 11) is 0. The van der Waals surface area contributed by atoms with E-state index in [4.69, 9.17) is 0 Å². The molecule has 3 heteroatoms. The van der Waals surface area contributed by atoms with Crippen LogP contribution in [0.4, 0.5) is 0 Å². The molecule has 102 valence electrons. The van der Waals surface area contributed by atoms with Crippen molar-refractivity contribution >= 4 is 17.7 Å². The van der Waals surface area contributed by atoms with Crippen LogP contribution in [0.5, 0.6) is 0 Å². The molecule has 1 aliphatic carbocycles. The number of carbonyl (C=O) groups is 1. The topological polar surface area (TPSA) is 29.1 Å². The van der Waals surface area contributed by atoms with Crippen LogP contribution in [0.2, 0.25) is 0 Å². The highest BCUT2D eigenvalue weighted by Crippen LogP contribution is 2.36. The summed E-state index contributed by atoms with van der Waals surface area (Å²) in [5.41, 5.74) is 1.31. The van der Waals surface area contributed by atoms with Crippen molar-refractivity contribution in [3.05, 3.63) is 29.8 Å². The van der Waals surface area contributed by atoms with Gasteiger partial charge in [-0.3, -0.25) is 4.79 Å². The minimum Gasteiger partial charge on any atom is -0.349 e. The normalized spacial score (nSPS) is 23.7. The van der Waals surface area contributed by atoms with Crippen LogP contribution in [0.1, 0.15) is 50.1 Å². The van der Waals surface area contributed by atoms with E-state index in [-0.39, 0.29) is 17.9 Å². The Hall–Kier alpha value is -0.960. The lowest BCUT2D eigenvalue weighted by atomic mass is 9.88. The molecule has 1 saturated carbocycles. The second-order valence-corrected chi connectivity index (χ2v) is 6.71. The first-order valence-corrected chi connectivity index (χ1v) is 8.35. The molecule has 1 aliphatic heterocycles. The molecule has 1 heterocycles. The zero-order valence-electron chi connectivity index (χ0n) is 11.2. The van der Waals surface area contributed by atoms with Crippen LogP contribution in [-0.2, 0) is 4.79 Å². The van der Waals surface area contributed by atoms with E-state index in [9.17, 15) is 4.79 Å². The van der Waals surface area contributed by atoms with Gasteiger partial charge >= 0.3 is 0 Å². The molecule has 0 spiro atoms. The van der Waals surface area contributed by atoms with Gasteiger partial charge in [0.15, 0.2) is 0 Å². The molecule has 0 unspecified atom stereocenters. The minimum absolute atomic E-state index is 0.229. The Bertz CT molecular complexity index is 454. The van der Waals surface area contributed by atoms with Gasteiger partial charge in [-0.2, -0.15) is 0 Å². The Morgan fingerprint density at radius 1 is 1.11 bits per heavy atom. The molecule has 1 fully saturated rings. The quantitative estimate of drug-likeness (QED) is 0.886. The Labute approximate surface area is 119 Å². The van der Waals surface area contributed by atoms with Gasteiger partial charge in [-0.15, -0.1) is 11.8 Å². The maximum absolute atomic E-state index is 12.4. The molecule has 1 atom stereocenters. The van der Waals surface area contributed by atoms with E-state index in [0.717, 1.165) is 25.0 Å². The predicted octanol–water partition coefficient (Wildman–Crippen LogP) is 3.92. The van der Waals surface area contributed by atoms with E-state index in [0.29, 0.717) is 0 Å². The van der Waals surface area contributed by atoms with Gasteiger partial charge in [0.2, 0.25) is 5.91 Å². The van der Waals surface area contributed by atoms with Gasteiger partial charge in [0.1, 0.15) is 0 Å². The number of amides is 1. The van der Waals surface area contributed by atoms with Crippen LogP contribution in [0, 0.1) is 5.92 Å². The van der Waals surface area contributed by atoms with Crippen molar-refractivity contribution in [1.82, 2.24) is 5.32 Å². The number of fused-ring (bicyclic) bond motifs is 1. The zero-order chi connectivity index (χ0) is 13.1. The number of hydrogen-bond acceptors (Lipinski definition) is 2. The van der Waals surface area contributed by atoms with Crippen molar-refractivity contribution in [3.63, 3.8) is 0 Å². The van der Waals surface area contributed by atoms with Gasteiger partial charge < -0.3 is 5.32 Å². The third-order valence-electron chi connectivity index (χ3n) is 4.25. The second-order valence-electron chi connectivity index (χ2n) is 5.57. The third-order valence-corrected chi connectivity index (χ3v) is 5.37. The lowest BCUT2D eigenvalue weighted by Crippen LogP contribution is -2.36. The van der Waals surface area contributed by atoms with Crippen LogP contribution >= 0.6 is 11.8 Å². The molecule has 0 radical (unpaired) electrons. The van der Waals surface area contributed by atoms with E-state index in [1.807, 2.05) is 11.8 Å². The van der Waals surface area contributed by atoms with Gasteiger partial charge in [0, 0.05) is 16.6 Å². The Balaban J connectivity index is 1.68. The third kappa shape index (κ3) is 2.97. The molecule has 2 aliphatic rings. The standard InChI is InChI=1S/C16H21NOS/c18-16(12-6-2-1-3-7-12)17-14-10-11-19-15-9-5-4-8-13(14)15/h4-5,8-9,12,14H,1-3,6-7,10-11H2,(H,17,18)/t14-/m0/s1. The van der Waals surface area contributed by atoms with Crippen molar-refractivity contribution < 1.29 is 4.79 Å². The molecule has 1 aromatic carbocycles. The summed E-state index contributed by atoms with van der Waals surface area (Å²) >= 11 is 1.90. The average molecular weight is 275 g/mol. The summed E-state index contributed by atoms with van der Waals surface area (Å²) in [6, 6.07) is 8.71. The highest BCUT2D eigenvalue weighted by atomic mass is 32.2. The molecule has 0 saturated heterocycles. The molecule has 2 nitrogen and oxygen atoms in total. The van der Waals surface area contributed by atoms with Crippen molar-refractivity contribution in [1.29, 1.82) is 0 Å². The summed E-state index contributed by atoms with van der Waals surface area (Å²) in [6.07, 6.45) is 6.95. The lowest BCUT2D eigenvalue weighted by Gasteiger charge is -2.28. The number of nitrogens with one attached hydrogen (secondary N) is 1. The fourth-order valence-corrected chi connectivity index (χ4v) is 4.27. The Morgan fingerprint density at radius 2 is 1.89 bits per heavy atom. The molecule has 0 bridgehead atoms. The summed E-state index contributed by atoms with van der Waals surface area (Å²) in [4.78, 5) is 13.7. The molecular weight excluding hydrogens is 254 g/mol. The number of thioether (sulfide) groups is 1. The van der Waals surface area contributed by atoms with E-state index in [1.165, 1.54) is 29.7 Å². The number of carbonyl (C=O) groups excluding carboxylic acids is 1. The zero-order valence-corrected chi connectivity index (χ0v) is 12.0. The van der Waals surface area contributed by atoms with Crippen molar-refractivity contribution in [3.8, 4) is 0 Å². The summed E-state index contributed by atoms with van der Waals surface area (Å²) < 4.78 is 0. The number of rotatable bonds is 2. The fraction of sp³-hybridized carbons (Fsp3) is 0.562. The summed E-state index contributed by atoms with van der Waals surface area (Å²) in [5, 5.41) is 3.29. The first kappa shape index (κ1) is 13.0. The molecule has 3 rings (SSSR count). The minimum atomic E-state index is 0.229. The van der Waals surface area contributed by atoms with Crippen LogP contribution in [0.25, 0.3) is 0 Å². The molecule has 1 N–H and O–H groups in total. The molecule has 0 aromatic heterocycles. The average Bonchev–Trinajstić information content (AvgIpc) is 2.48. The SMILES string of the molecule is O=C(N[C@H]1CCSc2ccccc21)C1CCCCC1. The lowest BCUT2D eigenvalue weighted by molar-refractivity contribution is -0.126. The molecular formula is C16H21NOS. The van der Waals surface area contributed by atoms with Crippen LogP contribution in [-0.4, -0.2) is 11.7 Å². The first-order chi connectivity index (χ1) is 9.34. The van der Waals surface area contributed by atoms with Crippen LogP contribution < -0.4 is 5.32 Å². The first-order valence-electron chi connectivity index (χ1n) is 7.37. The molecule has 1 amide bonds.